The van der Waals surface area contributed by atoms with Crippen LogP contribution in [0.25, 0.3) is 11.3 Å². The average molecular weight is 258 g/mol. The Morgan fingerprint density at radius 3 is 2.47 bits per heavy atom. The van der Waals surface area contributed by atoms with Crippen molar-refractivity contribution in [1.82, 2.24) is 4.98 Å². The molecule has 88 valence electrons. The molecule has 0 fully saturated rings. The topological polar surface area (TPSA) is 12.9 Å². The van der Waals surface area contributed by atoms with Crippen LogP contribution < -0.4 is 0 Å². The molecule has 1 aromatic carbocycles. The van der Waals surface area contributed by atoms with E-state index in [1.807, 2.05) is 0 Å². The maximum Gasteiger partial charge on any atom is 0.154 e. The first-order valence-electron chi connectivity index (χ1n) is 4.77. The number of benzene rings is 1. The predicted molar refractivity (Wildman–Crippen MR) is 59.3 cm³/mol. The molecule has 17 heavy (non-hydrogen) atoms. The quantitative estimate of drug-likeness (QED) is 0.700. The Kier molecular flexibility index (Phi) is 3.07. The average Bonchev–Trinajstić information content (AvgIpc) is 2.31. The Balaban J connectivity index is 2.69. The van der Waals surface area contributed by atoms with Crippen LogP contribution in [0.15, 0.2) is 24.4 Å². The van der Waals surface area contributed by atoms with Gasteiger partial charge in [-0.2, -0.15) is 0 Å². The summed E-state index contributed by atoms with van der Waals surface area (Å²) in [5.41, 5.74) is -0.00292. The smallest absolute Gasteiger partial charge is 0.154 e. The van der Waals surface area contributed by atoms with Crippen molar-refractivity contribution in [3.8, 4) is 11.3 Å². The lowest BCUT2D eigenvalue weighted by molar-refractivity contribution is 0.581. The molecular formula is C12H7ClF3N. The summed E-state index contributed by atoms with van der Waals surface area (Å²) in [5, 5.41) is -0.662. The molecule has 1 heterocycles. The molecule has 5 heteroatoms. The number of hydrogen-bond donors (Lipinski definition) is 0. The van der Waals surface area contributed by atoms with Crippen molar-refractivity contribution in [3.05, 3.63) is 52.4 Å². The number of rotatable bonds is 1. The second-order valence-electron chi connectivity index (χ2n) is 3.51. The van der Waals surface area contributed by atoms with E-state index in [0.29, 0.717) is 5.56 Å². The van der Waals surface area contributed by atoms with Crippen LogP contribution in [0.1, 0.15) is 5.56 Å². The number of aryl methyl sites for hydroxylation is 1. The highest BCUT2D eigenvalue weighted by molar-refractivity contribution is 6.31. The van der Waals surface area contributed by atoms with Crippen LogP contribution in [0.4, 0.5) is 13.2 Å². The van der Waals surface area contributed by atoms with Crippen LogP contribution in [-0.2, 0) is 0 Å². The minimum Gasteiger partial charge on any atom is -0.253 e. The van der Waals surface area contributed by atoms with Gasteiger partial charge in [0.2, 0.25) is 0 Å². The molecule has 0 aliphatic heterocycles. The maximum atomic E-state index is 13.7. The summed E-state index contributed by atoms with van der Waals surface area (Å²) in [6.45, 7) is 1.53. The number of pyridine rings is 1. The minimum atomic E-state index is -1.01. The monoisotopic (exact) mass is 257 g/mol. The fourth-order valence-corrected chi connectivity index (χ4v) is 1.60. The highest BCUT2D eigenvalue weighted by Crippen LogP contribution is 2.30. The molecule has 0 N–H and O–H groups in total. The SMILES string of the molecule is Cc1ccnc(-c2ccc(F)c(Cl)c2F)c1F. The third kappa shape index (κ3) is 2.00. The van der Waals surface area contributed by atoms with E-state index >= 15 is 0 Å². The molecule has 0 bridgehead atoms. The molecule has 0 aliphatic carbocycles. The van der Waals surface area contributed by atoms with Crippen molar-refractivity contribution in [1.29, 1.82) is 0 Å². The summed E-state index contributed by atoms with van der Waals surface area (Å²) in [6.07, 6.45) is 1.35. The van der Waals surface area contributed by atoms with Crippen LogP contribution in [-0.4, -0.2) is 4.98 Å². The van der Waals surface area contributed by atoms with E-state index < -0.39 is 22.5 Å². The van der Waals surface area contributed by atoms with Crippen LogP contribution in [0.5, 0.6) is 0 Å². The van der Waals surface area contributed by atoms with Crippen molar-refractivity contribution in [2.45, 2.75) is 6.92 Å². The van der Waals surface area contributed by atoms with Gasteiger partial charge in [-0.15, -0.1) is 0 Å². The molecule has 0 aliphatic rings. The van der Waals surface area contributed by atoms with Crippen molar-refractivity contribution in [2.75, 3.05) is 0 Å². The normalized spacial score (nSPS) is 10.6. The standard InChI is InChI=1S/C12H7ClF3N/c1-6-4-5-17-12(10(6)15)7-2-3-8(14)9(13)11(7)16/h2-5H,1H3. The van der Waals surface area contributed by atoms with Gasteiger partial charge in [0.05, 0.1) is 0 Å². The molecule has 0 spiro atoms. The van der Waals surface area contributed by atoms with Crippen molar-refractivity contribution >= 4 is 11.6 Å². The number of hydrogen-bond acceptors (Lipinski definition) is 1. The first kappa shape index (κ1) is 11.9. The largest absolute Gasteiger partial charge is 0.253 e. The minimum absolute atomic E-state index is 0.155. The summed E-state index contributed by atoms with van der Waals surface area (Å²) >= 11 is 5.42. The first-order chi connectivity index (χ1) is 8.02. The van der Waals surface area contributed by atoms with Gasteiger partial charge in [0.1, 0.15) is 16.5 Å². The van der Waals surface area contributed by atoms with Gasteiger partial charge in [0, 0.05) is 11.8 Å². The number of aromatic nitrogens is 1. The molecule has 1 nitrogen and oxygen atoms in total. The second-order valence-corrected chi connectivity index (χ2v) is 3.89. The maximum absolute atomic E-state index is 13.7. The fraction of sp³-hybridized carbons (Fsp3) is 0.0833. The number of nitrogens with zero attached hydrogens (tertiary/aromatic N) is 1. The zero-order chi connectivity index (χ0) is 12.6. The highest BCUT2D eigenvalue weighted by atomic mass is 35.5. The summed E-state index contributed by atoms with van der Waals surface area (Å²) in [5.74, 6) is -2.54. The zero-order valence-electron chi connectivity index (χ0n) is 8.77. The van der Waals surface area contributed by atoms with Crippen molar-refractivity contribution in [3.63, 3.8) is 0 Å². The summed E-state index contributed by atoms with van der Waals surface area (Å²) in [7, 11) is 0. The Hall–Kier alpha value is -1.55. The van der Waals surface area contributed by atoms with Gasteiger partial charge in [-0.25, -0.2) is 13.2 Å². The van der Waals surface area contributed by atoms with Crippen molar-refractivity contribution in [2.24, 2.45) is 0 Å². The van der Waals surface area contributed by atoms with Crippen LogP contribution in [0, 0.1) is 24.4 Å². The van der Waals surface area contributed by atoms with Gasteiger partial charge in [-0.05, 0) is 30.7 Å². The molecule has 0 saturated heterocycles. The Morgan fingerprint density at radius 2 is 1.76 bits per heavy atom. The van der Waals surface area contributed by atoms with E-state index in [-0.39, 0.29) is 11.3 Å². The fourth-order valence-electron chi connectivity index (χ4n) is 1.44. The molecule has 0 atom stereocenters. The van der Waals surface area contributed by atoms with Crippen LogP contribution in [0.3, 0.4) is 0 Å². The summed E-state index contributed by atoms with van der Waals surface area (Å²) in [4.78, 5) is 3.74. The van der Waals surface area contributed by atoms with E-state index in [1.165, 1.54) is 19.2 Å². The van der Waals surface area contributed by atoms with Crippen LogP contribution in [0.2, 0.25) is 5.02 Å². The van der Waals surface area contributed by atoms with Gasteiger partial charge in [0.15, 0.2) is 11.6 Å². The van der Waals surface area contributed by atoms with Gasteiger partial charge in [-0.1, -0.05) is 11.6 Å². The van der Waals surface area contributed by atoms with E-state index in [4.69, 9.17) is 11.6 Å². The molecule has 0 radical (unpaired) electrons. The molecule has 2 rings (SSSR count). The molecule has 0 unspecified atom stereocenters. The zero-order valence-corrected chi connectivity index (χ0v) is 9.52. The summed E-state index contributed by atoms with van der Waals surface area (Å²) in [6, 6.07) is 3.55. The highest BCUT2D eigenvalue weighted by Gasteiger charge is 2.17. The number of halogens is 4. The first-order valence-corrected chi connectivity index (χ1v) is 5.15. The molecule has 2 aromatic rings. The summed E-state index contributed by atoms with van der Waals surface area (Å²) < 4.78 is 40.4. The molecule has 1 aromatic heterocycles. The van der Waals surface area contributed by atoms with Gasteiger partial charge >= 0.3 is 0 Å². The lowest BCUT2D eigenvalue weighted by Gasteiger charge is -2.07. The predicted octanol–water partition coefficient (Wildman–Crippen LogP) is 4.13. The Bertz CT molecular complexity index is 584. The molecular weight excluding hydrogens is 251 g/mol. The van der Waals surface area contributed by atoms with E-state index in [1.54, 1.807) is 0 Å². The van der Waals surface area contributed by atoms with E-state index in [0.717, 1.165) is 12.1 Å². The second kappa shape index (κ2) is 4.37. The van der Waals surface area contributed by atoms with Crippen molar-refractivity contribution < 1.29 is 13.2 Å². The van der Waals surface area contributed by atoms with E-state index in [2.05, 4.69) is 4.98 Å². The third-order valence-electron chi connectivity index (χ3n) is 2.37. The van der Waals surface area contributed by atoms with Gasteiger partial charge in [-0.3, -0.25) is 4.98 Å². The molecule has 0 amide bonds. The lowest BCUT2D eigenvalue weighted by Crippen LogP contribution is -1.96. The van der Waals surface area contributed by atoms with Crippen LogP contribution >= 0.6 is 11.6 Å². The Morgan fingerprint density at radius 1 is 1.06 bits per heavy atom. The third-order valence-corrected chi connectivity index (χ3v) is 2.72. The van der Waals surface area contributed by atoms with E-state index in [9.17, 15) is 13.2 Å². The Labute approximate surface area is 101 Å². The lowest BCUT2D eigenvalue weighted by atomic mass is 10.1. The van der Waals surface area contributed by atoms with Gasteiger partial charge < -0.3 is 0 Å². The van der Waals surface area contributed by atoms with Gasteiger partial charge in [0.25, 0.3) is 0 Å². The molecule has 0 saturated carbocycles.